The van der Waals surface area contributed by atoms with Crippen LogP contribution in [0.25, 0.3) is 10.9 Å². The van der Waals surface area contributed by atoms with Gasteiger partial charge in [-0.2, -0.15) is 0 Å². The molecule has 1 heterocycles. The van der Waals surface area contributed by atoms with Gasteiger partial charge in [0.25, 0.3) is 5.56 Å². The van der Waals surface area contributed by atoms with Crippen molar-refractivity contribution < 1.29 is 9.47 Å². The molecule has 0 aliphatic rings. The third-order valence-electron chi connectivity index (χ3n) is 4.20. The topological polar surface area (TPSA) is 76.2 Å². The Bertz CT molecular complexity index is 987. The van der Waals surface area contributed by atoms with Crippen molar-refractivity contribution in [3.8, 4) is 11.5 Å². The van der Waals surface area contributed by atoms with Crippen LogP contribution in [0.3, 0.4) is 0 Å². The number of nitrogens with zero attached hydrogens (tertiary/aromatic N) is 1. The zero-order valence-corrected chi connectivity index (χ0v) is 15.6. The summed E-state index contributed by atoms with van der Waals surface area (Å²) in [6, 6.07) is 10.6. The molecule has 136 valence electrons. The third-order valence-corrected chi connectivity index (χ3v) is 4.43. The van der Waals surface area contributed by atoms with Crippen LogP contribution in [0.5, 0.6) is 11.5 Å². The number of halogens is 1. The third kappa shape index (κ3) is 3.81. The highest BCUT2D eigenvalue weighted by Gasteiger charge is 2.13. The van der Waals surface area contributed by atoms with E-state index < -0.39 is 0 Å². The van der Waals surface area contributed by atoms with Gasteiger partial charge in [-0.25, -0.2) is 4.98 Å². The highest BCUT2D eigenvalue weighted by molar-refractivity contribution is 6.31. The van der Waals surface area contributed by atoms with Crippen LogP contribution in [0.4, 0.5) is 0 Å². The number of fused-ring (bicyclic) bond motifs is 1. The van der Waals surface area contributed by atoms with E-state index >= 15 is 0 Å². The molecule has 7 heteroatoms. The van der Waals surface area contributed by atoms with E-state index in [1.807, 2.05) is 25.1 Å². The number of aromatic nitrogens is 2. The standard InChI is InChI=1S/C19H20ClN3O3/c1-11(15-9-13(25-2)5-7-17(15)26-3)21-10-18-22-16-8-12(20)4-6-14(16)19(24)23-18/h4-9,11,21H,10H2,1-3H3,(H,22,23,24). The summed E-state index contributed by atoms with van der Waals surface area (Å²) < 4.78 is 10.7. The van der Waals surface area contributed by atoms with Gasteiger partial charge in [-0.1, -0.05) is 11.6 Å². The number of methoxy groups -OCH3 is 2. The van der Waals surface area contributed by atoms with Gasteiger partial charge in [0, 0.05) is 16.6 Å². The molecule has 0 bridgehead atoms. The van der Waals surface area contributed by atoms with Gasteiger partial charge in [-0.3, -0.25) is 4.79 Å². The summed E-state index contributed by atoms with van der Waals surface area (Å²) in [6.45, 7) is 2.40. The molecule has 0 radical (unpaired) electrons. The molecule has 1 aromatic heterocycles. The molecule has 1 atom stereocenters. The minimum atomic E-state index is -0.185. The SMILES string of the molecule is COc1ccc(OC)c(C(C)NCc2nc3cc(Cl)ccc3c(=O)[nH]2)c1. The number of H-pyrrole nitrogens is 1. The average Bonchev–Trinajstić information content (AvgIpc) is 2.65. The van der Waals surface area contributed by atoms with E-state index in [1.165, 1.54) is 0 Å². The van der Waals surface area contributed by atoms with Gasteiger partial charge >= 0.3 is 0 Å². The number of ether oxygens (including phenoxy) is 2. The molecule has 6 nitrogen and oxygen atoms in total. The van der Waals surface area contributed by atoms with Crippen LogP contribution in [0, 0.1) is 0 Å². The van der Waals surface area contributed by atoms with Crippen LogP contribution < -0.4 is 20.3 Å². The molecule has 0 saturated heterocycles. The Morgan fingerprint density at radius 3 is 2.73 bits per heavy atom. The summed E-state index contributed by atoms with van der Waals surface area (Å²) in [5, 5.41) is 4.41. The highest BCUT2D eigenvalue weighted by atomic mass is 35.5. The van der Waals surface area contributed by atoms with Crippen LogP contribution in [-0.4, -0.2) is 24.2 Å². The Morgan fingerprint density at radius 1 is 1.19 bits per heavy atom. The molecule has 0 aliphatic heterocycles. The number of aromatic amines is 1. The Morgan fingerprint density at radius 2 is 2.00 bits per heavy atom. The van der Waals surface area contributed by atoms with Crippen molar-refractivity contribution in [1.82, 2.24) is 15.3 Å². The van der Waals surface area contributed by atoms with E-state index in [4.69, 9.17) is 21.1 Å². The minimum absolute atomic E-state index is 0.0413. The quantitative estimate of drug-likeness (QED) is 0.692. The van der Waals surface area contributed by atoms with Gasteiger partial charge in [0.2, 0.25) is 0 Å². The van der Waals surface area contributed by atoms with Crippen LogP contribution in [0.1, 0.15) is 24.4 Å². The maximum Gasteiger partial charge on any atom is 0.258 e. The van der Waals surface area contributed by atoms with E-state index in [-0.39, 0.29) is 11.6 Å². The zero-order valence-electron chi connectivity index (χ0n) is 14.8. The summed E-state index contributed by atoms with van der Waals surface area (Å²) in [5.74, 6) is 2.05. The monoisotopic (exact) mass is 373 g/mol. The van der Waals surface area contributed by atoms with Crippen molar-refractivity contribution >= 4 is 22.5 Å². The number of hydrogen-bond donors (Lipinski definition) is 2. The molecule has 2 aromatic carbocycles. The molecule has 26 heavy (non-hydrogen) atoms. The Labute approximate surface area is 156 Å². The van der Waals surface area contributed by atoms with E-state index in [1.54, 1.807) is 32.4 Å². The lowest BCUT2D eigenvalue weighted by molar-refractivity contribution is 0.391. The fraction of sp³-hybridized carbons (Fsp3) is 0.263. The summed E-state index contributed by atoms with van der Waals surface area (Å²) in [6.07, 6.45) is 0. The first kappa shape index (κ1) is 18.2. The van der Waals surface area contributed by atoms with E-state index in [2.05, 4.69) is 15.3 Å². The maximum atomic E-state index is 12.2. The Kier molecular flexibility index (Phi) is 5.44. The lowest BCUT2D eigenvalue weighted by atomic mass is 10.1. The first-order valence-corrected chi connectivity index (χ1v) is 8.53. The van der Waals surface area contributed by atoms with Crippen LogP contribution in [0.15, 0.2) is 41.2 Å². The molecule has 0 amide bonds. The predicted molar refractivity (Wildman–Crippen MR) is 102 cm³/mol. The summed E-state index contributed by atoms with van der Waals surface area (Å²) >= 11 is 6.00. The molecule has 1 unspecified atom stereocenters. The van der Waals surface area contributed by atoms with Crippen LogP contribution in [-0.2, 0) is 6.54 Å². The number of hydrogen-bond acceptors (Lipinski definition) is 5. The normalized spacial score (nSPS) is 12.2. The van der Waals surface area contributed by atoms with E-state index in [9.17, 15) is 4.79 Å². The van der Waals surface area contributed by atoms with Crippen LogP contribution >= 0.6 is 11.6 Å². The second-order valence-electron chi connectivity index (χ2n) is 5.88. The lowest BCUT2D eigenvalue weighted by Gasteiger charge is -2.18. The van der Waals surface area contributed by atoms with Crippen molar-refractivity contribution in [2.24, 2.45) is 0 Å². The first-order chi connectivity index (χ1) is 12.5. The van der Waals surface area contributed by atoms with Gasteiger partial charge in [0.15, 0.2) is 0 Å². The molecular weight excluding hydrogens is 354 g/mol. The average molecular weight is 374 g/mol. The first-order valence-electron chi connectivity index (χ1n) is 8.15. The van der Waals surface area contributed by atoms with Crippen molar-refractivity contribution in [3.63, 3.8) is 0 Å². The number of nitrogens with one attached hydrogen (secondary N) is 2. The highest BCUT2D eigenvalue weighted by Crippen LogP contribution is 2.29. The summed E-state index contributed by atoms with van der Waals surface area (Å²) in [4.78, 5) is 19.5. The molecule has 3 aromatic rings. The Balaban J connectivity index is 1.83. The molecule has 0 spiro atoms. The summed E-state index contributed by atoms with van der Waals surface area (Å²) in [7, 11) is 3.25. The fourth-order valence-electron chi connectivity index (χ4n) is 2.78. The molecule has 0 saturated carbocycles. The van der Waals surface area contributed by atoms with Crippen molar-refractivity contribution in [3.05, 3.63) is 63.2 Å². The molecule has 2 N–H and O–H groups in total. The van der Waals surface area contributed by atoms with Crippen molar-refractivity contribution in [2.45, 2.75) is 19.5 Å². The van der Waals surface area contributed by atoms with Crippen molar-refractivity contribution in [1.29, 1.82) is 0 Å². The largest absolute Gasteiger partial charge is 0.497 e. The second-order valence-corrected chi connectivity index (χ2v) is 6.32. The van der Waals surface area contributed by atoms with E-state index in [0.29, 0.717) is 28.3 Å². The van der Waals surface area contributed by atoms with E-state index in [0.717, 1.165) is 17.1 Å². The molecule has 0 fully saturated rings. The maximum absolute atomic E-state index is 12.2. The van der Waals surface area contributed by atoms with Gasteiger partial charge in [0.1, 0.15) is 17.3 Å². The van der Waals surface area contributed by atoms with Gasteiger partial charge in [-0.05, 0) is 43.3 Å². The predicted octanol–water partition coefficient (Wildman–Crippen LogP) is 3.44. The number of benzene rings is 2. The van der Waals surface area contributed by atoms with Crippen molar-refractivity contribution in [2.75, 3.05) is 14.2 Å². The van der Waals surface area contributed by atoms with Gasteiger partial charge < -0.3 is 19.8 Å². The van der Waals surface area contributed by atoms with Crippen LogP contribution in [0.2, 0.25) is 5.02 Å². The fourth-order valence-corrected chi connectivity index (χ4v) is 2.95. The Hall–Kier alpha value is -2.57. The summed E-state index contributed by atoms with van der Waals surface area (Å²) in [5.41, 5.74) is 1.35. The zero-order chi connectivity index (χ0) is 18.7. The number of rotatable bonds is 6. The minimum Gasteiger partial charge on any atom is -0.497 e. The molecular formula is C19H20ClN3O3. The smallest absolute Gasteiger partial charge is 0.258 e. The van der Waals surface area contributed by atoms with Gasteiger partial charge in [-0.15, -0.1) is 0 Å². The second kappa shape index (κ2) is 7.76. The molecule has 3 rings (SSSR count). The van der Waals surface area contributed by atoms with Gasteiger partial charge in [0.05, 0.1) is 31.7 Å². The lowest BCUT2D eigenvalue weighted by Crippen LogP contribution is -2.22. The molecule has 0 aliphatic carbocycles.